The topological polar surface area (TPSA) is 52.6 Å². The van der Waals surface area contributed by atoms with Crippen molar-refractivity contribution in [2.45, 2.75) is 39.8 Å². The second kappa shape index (κ2) is 6.56. The Bertz CT molecular complexity index is 743. The Balaban J connectivity index is 1.92. The van der Waals surface area contributed by atoms with Crippen molar-refractivity contribution in [3.8, 4) is 5.75 Å². The minimum atomic E-state index is -0.117. The van der Waals surface area contributed by atoms with Crippen molar-refractivity contribution in [1.29, 1.82) is 0 Å². The predicted molar refractivity (Wildman–Crippen MR) is 96.4 cm³/mol. The number of phenols is 1. The number of hydrogen-bond donors (Lipinski definition) is 2. The molecule has 24 heavy (non-hydrogen) atoms. The molecule has 2 aromatic rings. The Labute approximate surface area is 143 Å². The molecule has 4 heteroatoms. The van der Waals surface area contributed by atoms with Gasteiger partial charge in [0.1, 0.15) is 5.75 Å². The molecule has 0 saturated heterocycles. The van der Waals surface area contributed by atoms with Gasteiger partial charge in [-0.25, -0.2) is 0 Å². The number of benzene rings is 2. The van der Waals surface area contributed by atoms with E-state index in [0.29, 0.717) is 18.7 Å². The average molecular weight is 324 g/mol. The average Bonchev–Trinajstić information content (AvgIpc) is 2.98. The van der Waals surface area contributed by atoms with Crippen LogP contribution in [-0.2, 0) is 13.1 Å². The van der Waals surface area contributed by atoms with Crippen molar-refractivity contribution >= 4 is 11.6 Å². The van der Waals surface area contributed by atoms with Crippen LogP contribution in [0.5, 0.6) is 5.75 Å². The van der Waals surface area contributed by atoms with Crippen LogP contribution in [0.3, 0.4) is 0 Å². The predicted octanol–water partition coefficient (Wildman–Crippen LogP) is 4.10. The quantitative estimate of drug-likeness (QED) is 0.890. The first-order chi connectivity index (χ1) is 11.5. The number of fused-ring (bicyclic) bond motifs is 1. The lowest BCUT2D eigenvalue weighted by Crippen LogP contribution is -2.25. The molecule has 2 aromatic carbocycles. The maximum Gasteiger partial charge on any atom is 0.258 e. The molecule has 3 rings (SSSR count). The first-order valence-corrected chi connectivity index (χ1v) is 8.48. The number of hydrogen-bond acceptors (Lipinski definition) is 3. The van der Waals surface area contributed by atoms with E-state index in [1.165, 1.54) is 11.1 Å². The highest BCUT2D eigenvalue weighted by molar-refractivity contribution is 5.98. The van der Waals surface area contributed by atoms with E-state index in [2.05, 4.69) is 31.3 Å². The maximum atomic E-state index is 12.9. The number of phenolic OH excluding ortho intramolecular Hbond substituents is 1. The van der Waals surface area contributed by atoms with Crippen LogP contribution in [0.15, 0.2) is 36.4 Å². The van der Waals surface area contributed by atoms with Crippen molar-refractivity contribution in [2.24, 2.45) is 0 Å². The summed E-state index contributed by atoms with van der Waals surface area (Å²) in [4.78, 5) is 14.7. The van der Waals surface area contributed by atoms with Crippen LogP contribution in [0, 0.1) is 0 Å². The number of carbonyl (C=O) groups is 1. The molecule has 0 saturated carbocycles. The molecule has 0 atom stereocenters. The molecule has 0 fully saturated rings. The number of nitrogens with one attached hydrogen (secondary N) is 1. The van der Waals surface area contributed by atoms with E-state index >= 15 is 0 Å². The van der Waals surface area contributed by atoms with Crippen molar-refractivity contribution < 1.29 is 9.90 Å². The fraction of sp³-hybridized carbons (Fsp3) is 0.350. The Hall–Kier alpha value is -2.49. The zero-order chi connectivity index (χ0) is 17.3. The van der Waals surface area contributed by atoms with Gasteiger partial charge in [-0.15, -0.1) is 0 Å². The summed E-state index contributed by atoms with van der Waals surface area (Å²) >= 11 is 0. The van der Waals surface area contributed by atoms with E-state index in [1.54, 1.807) is 11.0 Å². The first kappa shape index (κ1) is 16.4. The van der Waals surface area contributed by atoms with Gasteiger partial charge < -0.3 is 15.3 Å². The lowest BCUT2D eigenvalue weighted by Gasteiger charge is -2.20. The van der Waals surface area contributed by atoms with Crippen LogP contribution in [0.2, 0.25) is 0 Å². The zero-order valence-corrected chi connectivity index (χ0v) is 14.5. The summed E-state index contributed by atoms with van der Waals surface area (Å²) in [6.07, 6.45) is 0. The molecular weight excluding hydrogens is 300 g/mol. The van der Waals surface area contributed by atoms with Crippen molar-refractivity contribution in [1.82, 2.24) is 4.90 Å². The SMILES string of the molecule is CCNc1cc(O)c(C(=O)N2Cc3ccccc3C2)cc1C(C)C. The van der Waals surface area contributed by atoms with Gasteiger partial charge in [-0.05, 0) is 35.6 Å². The van der Waals surface area contributed by atoms with E-state index in [0.717, 1.165) is 17.8 Å². The molecule has 0 bridgehead atoms. The van der Waals surface area contributed by atoms with Crippen LogP contribution in [-0.4, -0.2) is 22.5 Å². The molecular formula is C20H24N2O2. The van der Waals surface area contributed by atoms with E-state index in [1.807, 2.05) is 25.1 Å². The highest BCUT2D eigenvalue weighted by atomic mass is 16.3. The van der Waals surface area contributed by atoms with Gasteiger partial charge in [0.2, 0.25) is 0 Å². The van der Waals surface area contributed by atoms with E-state index in [-0.39, 0.29) is 17.6 Å². The molecule has 1 aliphatic heterocycles. The summed E-state index contributed by atoms with van der Waals surface area (Å²) < 4.78 is 0. The Morgan fingerprint density at radius 2 is 1.83 bits per heavy atom. The molecule has 1 aliphatic rings. The molecule has 126 valence electrons. The number of amides is 1. The van der Waals surface area contributed by atoms with Crippen molar-refractivity contribution in [3.05, 3.63) is 58.7 Å². The maximum absolute atomic E-state index is 12.9. The van der Waals surface area contributed by atoms with E-state index in [4.69, 9.17) is 0 Å². The minimum Gasteiger partial charge on any atom is -0.507 e. The summed E-state index contributed by atoms with van der Waals surface area (Å²) in [6, 6.07) is 11.6. The summed E-state index contributed by atoms with van der Waals surface area (Å²) in [7, 11) is 0. The summed E-state index contributed by atoms with van der Waals surface area (Å²) in [5, 5.41) is 13.6. The van der Waals surface area contributed by atoms with Crippen LogP contribution >= 0.6 is 0 Å². The molecule has 0 spiro atoms. The molecule has 0 aliphatic carbocycles. The Kier molecular flexibility index (Phi) is 4.47. The third-order valence-corrected chi connectivity index (χ3v) is 4.52. The smallest absolute Gasteiger partial charge is 0.258 e. The number of rotatable bonds is 4. The van der Waals surface area contributed by atoms with Crippen LogP contribution in [0.4, 0.5) is 5.69 Å². The number of aromatic hydroxyl groups is 1. The second-order valence-electron chi connectivity index (χ2n) is 6.57. The molecule has 2 N–H and O–H groups in total. The number of anilines is 1. The summed E-state index contributed by atoms with van der Waals surface area (Å²) in [6.45, 7) is 8.16. The van der Waals surface area contributed by atoms with Crippen LogP contribution < -0.4 is 5.32 Å². The Morgan fingerprint density at radius 3 is 2.38 bits per heavy atom. The largest absolute Gasteiger partial charge is 0.507 e. The lowest BCUT2D eigenvalue weighted by atomic mass is 9.97. The minimum absolute atomic E-state index is 0.0382. The monoisotopic (exact) mass is 324 g/mol. The Morgan fingerprint density at radius 1 is 1.21 bits per heavy atom. The van der Waals surface area contributed by atoms with Gasteiger partial charge in [0.25, 0.3) is 5.91 Å². The molecule has 0 aromatic heterocycles. The molecule has 0 unspecified atom stereocenters. The van der Waals surface area contributed by atoms with Gasteiger partial charge in [-0.1, -0.05) is 38.1 Å². The number of nitrogens with zero attached hydrogens (tertiary/aromatic N) is 1. The van der Waals surface area contributed by atoms with Gasteiger partial charge in [0, 0.05) is 31.4 Å². The molecule has 1 heterocycles. The van der Waals surface area contributed by atoms with Crippen molar-refractivity contribution in [2.75, 3.05) is 11.9 Å². The fourth-order valence-corrected chi connectivity index (χ4v) is 3.24. The lowest BCUT2D eigenvalue weighted by molar-refractivity contribution is 0.0748. The molecule has 1 amide bonds. The number of carbonyl (C=O) groups excluding carboxylic acids is 1. The highest BCUT2D eigenvalue weighted by Gasteiger charge is 2.26. The third-order valence-electron chi connectivity index (χ3n) is 4.52. The normalized spacial score (nSPS) is 13.2. The van der Waals surface area contributed by atoms with Gasteiger partial charge >= 0.3 is 0 Å². The van der Waals surface area contributed by atoms with E-state index < -0.39 is 0 Å². The third kappa shape index (κ3) is 2.96. The summed E-state index contributed by atoms with van der Waals surface area (Å²) in [5.74, 6) is 0.187. The second-order valence-corrected chi connectivity index (χ2v) is 6.57. The molecule has 4 nitrogen and oxygen atoms in total. The standard InChI is InChI=1S/C20H24N2O2/c1-4-21-18-10-19(23)17(9-16(18)13(2)3)20(24)22-11-14-7-5-6-8-15(14)12-22/h5-10,13,21,23H,4,11-12H2,1-3H3. The molecule has 0 radical (unpaired) electrons. The first-order valence-electron chi connectivity index (χ1n) is 8.48. The van der Waals surface area contributed by atoms with Gasteiger partial charge in [0.15, 0.2) is 0 Å². The van der Waals surface area contributed by atoms with Crippen molar-refractivity contribution in [3.63, 3.8) is 0 Å². The summed E-state index contributed by atoms with van der Waals surface area (Å²) in [5.41, 5.74) is 4.69. The zero-order valence-electron chi connectivity index (χ0n) is 14.5. The van der Waals surface area contributed by atoms with Gasteiger partial charge in [-0.2, -0.15) is 0 Å². The van der Waals surface area contributed by atoms with Gasteiger partial charge in [-0.3, -0.25) is 4.79 Å². The van der Waals surface area contributed by atoms with E-state index in [9.17, 15) is 9.90 Å². The van der Waals surface area contributed by atoms with Gasteiger partial charge in [0.05, 0.1) is 5.56 Å². The fourth-order valence-electron chi connectivity index (χ4n) is 3.24. The highest BCUT2D eigenvalue weighted by Crippen LogP contribution is 2.33. The van der Waals surface area contributed by atoms with Crippen LogP contribution in [0.1, 0.15) is 53.7 Å². The van der Waals surface area contributed by atoms with Crippen LogP contribution in [0.25, 0.3) is 0 Å².